The van der Waals surface area contributed by atoms with E-state index in [2.05, 4.69) is 0 Å². The van der Waals surface area contributed by atoms with Crippen LogP contribution in [0.15, 0.2) is 53.3 Å². The summed E-state index contributed by atoms with van der Waals surface area (Å²) in [6.45, 7) is 1.93. The van der Waals surface area contributed by atoms with E-state index >= 15 is 0 Å². The van der Waals surface area contributed by atoms with E-state index in [9.17, 15) is 4.79 Å². The van der Waals surface area contributed by atoms with Gasteiger partial charge in [-0.1, -0.05) is 41.9 Å². The number of fused-ring (bicyclic) bond motifs is 1. The molecule has 0 saturated heterocycles. The van der Waals surface area contributed by atoms with Gasteiger partial charge in [0.05, 0.1) is 15.8 Å². The Morgan fingerprint density at radius 1 is 1.11 bits per heavy atom. The average Bonchev–Trinajstić information content (AvgIpc) is 2.76. The van der Waals surface area contributed by atoms with Crippen molar-refractivity contribution in [3.8, 4) is 5.69 Å². The average molecular weight is 270 g/mol. The van der Waals surface area contributed by atoms with Crippen molar-refractivity contribution < 1.29 is 0 Å². The lowest BCUT2D eigenvalue weighted by Crippen LogP contribution is -2.15. The molecule has 19 heavy (non-hydrogen) atoms. The molecule has 0 amide bonds. The number of hydrogen-bond acceptors (Lipinski definition) is 3. The summed E-state index contributed by atoms with van der Waals surface area (Å²) in [6.07, 6.45) is 0. The van der Waals surface area contributed by atoms with Crippen LogP contribution in [0.1, 0.15) is 18.5 Å². The summed E-state index contributed by atoms with van der Waals surface area (Å²) in [5, 5.41) is 0.756. The molecule has 3 nitrogen and oxygen atoms in total. The Morgan fingerprint density at radius 2 is 1.79 bits per heavy atom. The Hall–Kier alpha value is -1.91. The highest BCUT2D eigenvalue weighted by atomic mass is 32.1. The first-order chi connectivity index (χ1) is 9.18. The SMILES string of the molecule is CC(N)c1ccccc1-n1sc2ccccc2c1=O. The maximum atomic E-state index is 12.4. The molecule has 0 spiro atoms. The molecule has 1 aromatic heterocycles. The van der Waals surface area contributed by atoms with Crippen molar-refractivity contribution in [3.05, 3.63) is 64.4 Å². The molecular formula is C15H14N2OS. The maximum absolute atomic E-state index is 12.4. The fourth-order valence-electron chi connectivity index (χ4n) is 2.19. The van der Waals surface area contributed by atoms with Crippen molar-refractivity contribution in [2.75, 3.05) is 0 Å². The predicted octanol–water partition coefficient (Wildman–Crippen LogP) is 3.07. The highest BCUT2D eigenvalue weighted by Crippen LogP contribution is 2.24. The van der Waals surface area contributed by atoms with Crippen LogP contribution in [-0.2, 0) is 0 Å². The summed E-state index contributed by atoms with van der Waals surface area (Å²) in [4.78, 5) is 12.4. The molecule has 0 radical (unpaired) electrons. The fourth-order valence-corrected chi connectivity index (χ4v) is 3.22. The van der Waals surface area contributed by atoms with Gasteiger partial charge in [-0.3, -0.25) is 4.79 Å². The van der Waals surface area contributed by atoms with Crippen LogP contribution in [0.4, 0.5) is 0 Å². The third-order valence-corrected chi connectivity index (χ3v) is 4.24. The van der Waals surface area contributed by atoms with E-state index in [1.54, 1.807) is 3.96 Å². The number of para-hydroxylation sites is 1. The first-order valence-corrected chi connectivity index (χ1v) is 6.92. The summed E-state index contributed by atoms with van der Waals surface area (Å²) < 4.78 is 2.72. The van der Waals surface area contributed by atoms with Crippen LogP contribution in [0.5, 0.6) is 0 Å². The number of nitrogens with two attached hydrogens (primary N) is 1. The molecule has 3 rings (SSSR count). The molecule has 1 atom stereocenters. The second-order valence-corrected chi connectivity index (χ2v) is 5.52. The summed E-state index contributed by atoms with van der Waals surface area (Å²) in [5.74, 6) is 0. The third-order valence-electron chi connectivity index (χ3n) is 3.14. The Labute approximate surface area is 115 Å². The minimum atomic E-state index is -0.103. The molecule has 0 aliphatic carbocycles. The van der Waals surface area contributed by atoms with Crippen molar-refractivity contribution in [1.29, 1.82) is 0 Å². The van der Waals surface area contributed by atoms with Gasteiger partial charge in [0.1, 0.15) is 0 Å². The van der Waals surface area contributed by atoms with Crippen LogP contribution in [0.3, 0.4) is 0 Å². The first kappa shape index (κ1) is 12.1. The molecule has 0 saturated carbocycles. The second-order valence-electron chi connectivity index (χ2n) is 4.53. The van der Waals surface area contributed by atoms with E-state index in [0.29, 0.717) is 0 Å². The van der Waals surface area contributed by atoms with Crippen molar-refractivity contribution in [2.45, 2.75) is 13.0 Å². The van der Waals surface area contributed by atoms with Crippen molar-refractivity contribution in [3.63, 3.8) is 0 Å². The van der Waals surface area contributed by atoms with Crippen LogP contribution in [0.25, 0.3) is 15.8 Å². The van der Waals surface area contributed by atoms with Crippen molar-refractivity contribution in [1.82, 2.24) is 3.96 Å². The van der Waals surface area contributed by atoms with Gasteiger partial charge < -0.3 is 5.73 Å². The Morgan fingerprint density at radius 3 is 2.53 bits per heavy atom. The van der Waals surface area contributed by atoms with Gasteiger partial charge >= 0.3 is 0 Å². The van der Waals surface area contributed by atoms with E-state index < -0.39 is 0 Å². The van der Waals surface area contributed by atoms with E-state index in [1.807, 2.05) is 55.5 Å². The monoisotopic (exact) mass is 270 g/mol. The molecule has 1 heterocycles. The van der Waals surface area contributed by atoms with E-state index in [0.717, 1.165) is 21.3 Å². The number of benzene rings is 2. The zero-order valence-corrected chi connectivity index (χ0v) is 11.4. The molecule has 2 aromatic carbocycles. The van der Waals surface area contributed by atoms with Crippen molar-refractivity contribution >= 4 is 21.6 Å². The van der Waals surface area contributed by atoms with Crippen LogP contribution in [0.2, 0.25) is 0 Å². The highest BCUT2D eigenvalue weighted by Gasteiger charge is 2.13. The van der Waals surface area contributed by atoms with Gasteiger partial charge in [0.15, 0.2) is 0 Å². The minimum absolute atomic E-state index is 0.0219. The summed E-state index contributed by atoms with van der Waals surface area (Å²) in [7, 11) is 0. The number of aromatic nitrogens is 1. The molecule has 1 unspecified atom stereocenters. The lowest BCUT2D eigenvalue weighted by molar-refractivity contribution is 0.808. The van der Waals surface area contributed by atoms with E-state index in [-0.39, 0.29) is 11.6 Å². The van der Waals surface area contributed by atoms with Crippen LogP contribution >= 0.6 is 11.5 Å². The molecule has 96 valence electrons. The van der Waals surface area contributed by atoms with Gasteiger partial charge in [0.25, 0.3) is 5.56 Å². The summed E-state index contributed by atoms with van der Waals surface area (Å²) >= 11 is 1.46. The summed E-state index contributed by atoms with van der Waals surface area (Å²) in [6, 6.07) is 15.3. The predicted molar refractivity (Wildman–Crippen MR) is 80.0 cm³/mol. The van der Waals surface area contributed by atoms with Gasteiger partial charge in [-0.25, -0.2) is 3.96 Å². The Bertz CT molecular complexity index is 786. The molecule has 2 N–H and O–H groups in total. The standard InChI is InChI=1S/C15H14N2OS/c1-10(16)11-6-2-4-8-13(11)17-15(18)12-7-3-5-9-14(12)19-17/h2-10H,16H2,1H3. The zero-order valence-electron chi connectivity index (χ0n) is 10.5. The number of rotatable bonds is 2. The largest absolute Gasteiger partial charge is 0.324 e. The van der Waals surface area contributed by atoms with Gasteiger partial charge in [0, 0.05) is 6.04 Å². The number of nitrogens with zero attached hydrogens (tertiary/aromatic N) is 1. The molecule has 0 aliphatic heterocycles. The van der Waals surface area contributed by atoms with E-state index in [1.165, 1.54) is 11.5 Å². The molecule has 0 fully saturated rings. The topological polar surface area (TPSA) is 48.0 Å². The smallest absolute Gasteiger partial charge is 0.273 e. The van der Waals surface area contributed by atoms with Gasteiger partial charge in [-0.2, -0.15) is 0 Å². The normalized spacial score (nSPS) is 12.7. The molecular weight excluding hydrogens is 256 g/mol. The zero-order chi connectivity index (χ0) is 13.4. The third kappa shape index (κ3) is 1.99. The number of hydrogen-bond donors (Lipinski definition) is 1. The van der Waals surface area contributed by atoms with Crippen LogP contribution in [-0.4, -0.2) is 3.96 Å². The van der Waals surface area contributed by atoms with Gasteiger partial charge in [0.2, 0.25) is 0 Å². The van der Waals surface area contributed by atoms with Crippen LogP contribution in [0, 0.1) is 0 Å². The Balaban J connectivity index is 2.31. The first-order valence-electron chi connectivity index (χ1n) is 6.14. The fraction of sp³-hybridized carbons (Fsp3) is 0.133. The van der Waals surface area contributed by atoms with Crippen LogP contribution < -0.4 is 11.3 Å². The van der Waals surface area contributed by atoms with E-state index in [4.69, 9.17) is 5.73 Å². The minimum Gasteiger partial charge on any atom is -0.324 e. The summed E-state index contributed by atoms with van der Waals surface area (Å²) in [5.41, 5.74) is 7.87. The lowest BCUT2D eigenvalue weighted by Gasteiger charge is -2.11. The molecule has 4 heteroatoms. The quantitative estimate of drug-likeness (QED) is 0.778. The molecule has 0 bridgehead atoms. The Kier molecular flexibility index (Phi) is 2.97. The highest BCUT2D eigenvalue weighted by molar-refractivity contribution is 7.14. The maximum Gasteiger partial charge on any atom is 0.273 e. The molecule has 3 aromatic rings. The lowest BCUT2D eigenvalue weighted by atomic mass is 10.1. The molecule has 0 aliphatic rings. The van der Waals surface area contributed by atoms with Crippen molar-refractivity contribution in [2.24, 2.45) is 5.73 Å². The second kappa shape index (κ2) is 4.64. The van der Waals surface area contributed by atoms with Gasteiger partial charge in [-0.05, 0) is 30.7 Å². The van der Waals surface area contributed by atoms with Gasteiger partial charge in [-0.15, -0.1) is 0 Å².